The van der Waals surface area contributed by atoms with E-state index in [1.54, 1.807) is 11.0 Å². The fraction of sp³-hybridized carbons (Fsp3) is 0.500. The molecule has 0 radical (unpaired) electrons. The number of nitrogens with one attached hydrogen (secondary N) is 1. The highest BCUT2D eigenvalue weighted by Crippen LogP contribution is 2.39. The highest BCUT2D eigenvalue weighted by atomic mass is 19.4. The van der Waals surface area contributed by atoms with Crippen LogP contribution in [0.4, 0.5) is 13.2 Å². The molecule has 2 aromatic rings. The number of benzene rings is 1. The number of carbonyl (C=O) groups excluding carboxylic acids is 3. The molecule has 37 heavy (non-hydrogen) atoms. The van der Waals surface area contributed by atoms with Crippen molar-refractivity contribution < 1.29 is 36.7 Å². The van der Waals surface area contributed by atoms with E-state index in [2.05, 4.69) is 5.32 Å². The summed E-state index contributed by atoms with van der Waals surface area (Å²) in [6, 6.07) is 6.72. The van der Waals surface area contributed by atoms with E-state index in [0.717, 1.165) is 12.1 Å². The minimum absolute atomic E-state index is 0.0142. The Morgan fingerprint density at radius 1 is 1.08 bits per heavy atom. The summed E-state index contributed by atoms with van der Waals surface area (Å²) in [6.45, 7) is 5.96. The van der Waals surface area contributed by atoms with Gasteiger partial charge in [-0.15, -0.1) is 0 Å². The van der Waals surface area contributed by atoms with Crippen molar-refractivity contribution in [1.29, 1.82) is 0 Å². The zero-order valence-electron chi connectivity index (χ0n) is 20.9. The lowest BCUT2D eigenvalue weighted by atomic mass is 9.91. The second kappa shape index (κ2) is 9.85. The molecule has 0 bridgehead atoms. The molecule has 2 saturated heterocycles. The molecular formula is C26H30F3N3O5. The quantitative estimate of drug-likeness (QED) is 0.661. The molecule has 2 aliphatic heterocycles. The molecule has 4 rings (SSSR count). The van der Waals surface area contributed by atoms with E-state index in [0.29, 0.717) is 25.9 Å². The van der Waals surface area contributed by atoms with E-state index in [1.807, 2.05) is 20.8 Å². The third-order valence-electron chi connectivity index (χ3n) is 6.71. The number of hydrogen-bond acceptors (Lipinski definition) is 5. The Balaban J connectivity index is 1.52. The summed E-state index contributed by atoms with van der Waals surface area (Å²) in [6.07, 6.45) is -2.54. The predicted octanol–water partition coefficient (Wildman–Crippen LogP) is 3.82. The summed E-state index contributed by atoms with van der Waals surface area (Å²) in [4.78, 5) is 42.5. The van der Waals surface area contributed by atoms with Gasteiger partial charge in [0.05, 0.1) is 18.4 Å². The fourth-order valence-corrected chi connectivity index (χ4v) is 4.78. The van der Waals surface area contributed by atoms with Gasteiger partial charge in [-0.2, -0.15) is 13.2 Å². The van der Waals surface area contributed by atoms with Crippen LogP contribution in [0.2, 0.25) is 0 Å². The monoisotopic (exact) mass is 521 g/mol. The minimum Gasteiger partial charge on any atom is -0.459 e. The first-order valence-electron chi connectivity index (χ1n) is 12.1. The van der Waals surface area contributed by atoms with Gasteiger partial charge in [0.1, 0.15) is 11.8 Å². The summed E-state index contributed by atoms with van der Waals surface area (Å²) in [5.41, 5.74) is -2.21. The van der Waals surface area contributed by atoms with Crippen molar-refractivity contribution in [3.63, 3.8) is 0 Å². The maximum atomic E-state index is 13.5. The highest BCUT2D eigenvalue weighted by Gasteiger charge is 2.55. The van der Waals surface area contributed by atoms with Gasteiger partial charge in [-0.05, 0) is 29.8 Å². The zero-order chi connectivity index (χ0) is 27.0. The number of nitrogens with zero attached hydrogens (tertiary/aromatic N) is 2. The summed E-state index contributed by atoms with van der Waals surface area (Å²) in [7, 11) is 0. The van der Waals surface area contributed by atoms with Gasteiger partial charge in [-0.1, -0.05) is 32.9 Å². The summed E-state index contributed by atoms with van der Waals surface area (Å²) >= 11 is 0. The topological polar surface area (TPSA) is 92.1 Å². The second-order valence-corrected chi connectivity index (χ2v) is 10.4. The zero-order valence-corrected chi connectivity index (χ0v) is 20.9. The van der Waals surface area contributed by atoms with Crippen LogP contribution in [0.15, 0.2) is 47.1 Å². The third-order valence-corrected chi connectivity index (χ3v) is 6.71. The molecule has 1 unspecified atom stereocenters. The molecular weight excluding hydrogens is 491 g/mol. The number of likely N-dealkylation sites (tertiary alicyclic amines) is 1. The Morgan fingerprint density at radius 2 is 1.78 bits per heavy atom. The standard InChI is InChI=1S/C26H30F3N3O5/c1-24(2,3)23(35)31-11-9-25(10-12-31)32(22(34)20-8-5-13-36-20)19(16-37-25)21(33)30-15-17-6-4-7-18(14-17)26(27,28)29/h4-8,13-14,19H,9-12,15-16H2,1-3H3,(H,30,33). The molecule has 2 fully saturated rings. The molecule has 200 valence electrons. The van der Waals surface area contributed by atoms with Crippen LogP contribution in [0.5, 0.6) is 0 Å². The van der Waals surface area contributed by atoms with Crippen molar-refractivity contribution in [2.45, 2.75) is 58.1 Å². The summed E-state index contributed by atoms with van der Waals surface area (Å²) in [5.74, 6) is -1.06. The van der Waals surface area contributed by atoms with Gasteiger partial charge in [0.15, 0.2) is 5.76 Å². The maximum Gasteiger partial charge on any atom is 0.416 e. The third kappa shape index (κ3) is 5.51. The van der Waals surface area contributed by atoms with E-state index in [4.69, 9.17) is 9.15 Å². The summed E-state index contributed by atoms with van der Waals surface area (Å²) < 4.78 is 50.5. The lowest BCUT2D eigenvalue weighted by Gasteiger charge is -2.45. The normalized spacial score (nSPS) is 19.8. The van der Waals surface area contributed by atoms with E-state index >= 15 is 0 Å². The van der Waals surface area contributed by atoms with Crippen LogP contribution >= 0.6 is 0 Å². The Bertz CT molecular complexity index is 1150. The molecule has 1 aromatic heterocycles. The Hall–Kier alpha value is -3.34. The first-order chi connectivity index (χ1) is 17.3. The van der Waals surface area contributed by atoms with Crippen LogP contribution in [0.3, 0.4) is 0 Å². The first kappa shape index (κ1) is 26.7. The van der Waals surface area contributed by atoms with Crippen LogP contribution in [-0.4, -0.2) is 59.0 Å². The number of ether oxygens (including phenoxy) is 1. The van der Waals surface area contributed by atoms with Crippen molar-refractivity contribution in [2.24, 2.45) is 5.41 Å². The van der Waals surface area contributed by atoms with Crippen LogP contribution in [0.25, 0.3) is 0 Å². The number of alkyl halides is 3. The Morgan fingerprint density at radius 3 is 2.38 bits per heavy atom. The van der Waals surface area contributed by atoms with E-state index in [9.17, 15) is 27.6 Å². The van der Waals surface area contributed by atoms with Gasteiger partial charge in [-0.25, -0.2) is 0 Å². The van der Waals surface area contributed by atoms with Gasteiger partial charge >= 0.3 is 6.18 Å². The number of amides is 3. The van der Waals surface area contributed by atoms with Crippen LogP contribution < -0.4 is 5.32 Å². The average Bonchev–Trinajstić information content (AvgIpc) is 3.50. The number of rotatable bonds is 4. The molecule has 2 aliphatic rings. The molecule has 11 heteroatoms. The number of carbonyl (C=O) groups is 3. The second-order valence-electron chi connectivity index (χ2n) is 10.4. The SMILES string of the molecule is CC(C)(C)C(=O)N1CCC2(CC1)OCC(C(=O)NCc1cccc(C(F)(F)F)c1)N2C(=O)c1ccco1. The van der Waals surface area contributed by atoms with Crippen molar-refractivity contribution in [2.75, 3.05) is 19.7 Å². The van der Waals surface area contributed by atoms with Gasteiger partial charge in [0.2, 0.25) is 11.8 Å². The maximum absolute atomic E-state index is 13.5. The molecule has 3 heterocycles. The van der Waals surface area contributed by atoms with E-state index in [1.165, 1.54) is 29.4 Å². The van der Waals surface area contributed by atoms with Crippen molar-refractivity contribution in [3.8, 4) is 0 Å². The fourth-order valence-electron chi connectivity index (χ4n) is 4.78. The number of hydrogen-bond donors (Lipinski definition) is 1. The number of halogens is 3. The van der Waals surface area contributed by atoms with Crippen LogP contribution in [0.1, 0.15) is 55.3 Å². The molecule has 1 aromatic carbocycles. The van der Waals surface area contributed by atoms with Gasteiger partial charge in [-0.3, -0.25) is 19.3 Å². The molecule has 0 saturated carbocycles. The Labute approximate surface area is 212 Å². The number of piperidine rings is 1. The average molecular weight is 522 g/mol. The van der Waals surface area contributed by atoms with Crippen LogP contribution in [0, 0.1) is 5.41 Å². The molecule has 1 atom stereocenters. The van der Waals surface area contributed by atoms with Crippen molar-refractivity contribution in [3.05, 3.63) is 59.5 Å². The van der Waals surface area contributed by atoms with Crippen molar-refractivity contribution in [1.82, 2.24) is 15.1 Å². The van der Waals surface area contributed by atoms with E-state index in [-0.39, 0.29) is 30.4 Å². The van der Waals surface area contributed by atoms with Gasteiger partial charge < -0.3 is 19.4 Å². The van der Waals surface area contributed by atoms with Gasteiger partial charge in [0.25, 0.3) is 5.91 Å². The van der Waals surface area contributed by atoms with Crippen LogP contribution in [-0.2, 0) is 27.0 Å². The summed E-state index contributed by atoms with van der Waals surface area (Å²) in [5, 5.41) is 2.64. The first-order valence-corrected chi connectivity index (χ1v) is 12.1. The Kier molecular flexibility index (Phi) is 7.11. The lowest BCUT2D eigenvalue weighted by Crippen LogP contribution is -2.60. The molecule has 1 spiro atoms. The highest BCUT2D eigenvalue weighted by molar-refractivity contribution is 5.96. The smallest absolute Gasteiger partial charge is 0.416 e. The predicted molar refractivity (Wildman–Crippen MR) is 126 cm³/mol. The van der Waals surface area contributed by atoms with Gasteiger partial charge in [0, 0.05) is 37.9 Å². The van der Waals surface area contributed by atoms with Crippen molar-refractivity contribution >= 4 is 17.7 Å². The molecule has 0 aliphatic carbocycles. The van der Waals surface area contributed by atoms with E-state index < -0.39 is 40.7 Å². The molecule has 3 amide bonds. The minimum atomic E-state index is -4.50. The lowest BCUT2D eigenvalue weighted by molar-refractivity contribution is -0.150. The molecule has 1 N–H and O–H groups in total. The largest absolute Gasteiger partial charge is 0.459 e. The number of furan rings is 1. The molecule has 8 nitrogen and oxygen atoms in total.